The maximum atomic E-state index is 11.9. The van der Waals surface area contributed by atoms with Crippen molar-refractivity contribution in [1.82, 2.24) is 9.88 Å². The quantitative estimate of drug-likeness (QED) is 0.787. The monoisotopic (exact) mass is 274 g/mol. The molecule has 2 N–H and O–H groups in total. The SMILES string of the molecule is CCCn1cc(Cl)cc1C(=O)NCC(O)COC. The fourth-order valence-electron chi connectivity index (χ4n) is 1.64. The largest absolute Gasteiger partial charge is 0.389 e. The predicted molar refractivity (Wildman–Crippen MR) is 69.9 cm³/mol. The summed E-state index contributed by atoms with van der Waals surface area (Å²) in [5, 5.41) is 12.6. The Hall–Kier alpha value is -1.04. The smallest absolute Gasteiger partial charge is 0.268 e. The molecule has 1 amide bonds. The van der Waals surface area contributed by atoms with Gasteiger partial charge in [0, 0.05) is 26.4 Å². The Morgan fingerprint density at radius 1 is 1.67 bits per heavy atom. The zero-order valence-corrected chi connectivity index (χ0v) is 11.4. The number of hydrogen-bond acceptors (Lipinski definition) is 3. The summed E-state index contributed by atoms with van der Waals surface area (Å²) in [6, 6.07) is 1.62. The van der Waals surface area contributed by atoms with E-state index in [-0.39, 0.29) is 19.1 Å². The van der Waals surface area contributed by atoms with Crippen LogP contribution >= 0.6 is 11.6 Å². The van der Waals surface area contributed by atoms with Crippen LogP contribution in [0.3, 0.4) is 0 Å². The zero-order chi connectivity index (χ0) is 13.5. The van der Waals surface area contributed by atoms with E-state index < -0.39 is 6.10 Å². The van der Waals surface area contributed by atoms with Gasteiger partial charge in [-0.1, -0.05) is 18.5 Å². The van der Waals surface area contributed by atoms with Gasteiger partial charge in [0.1, 0.15) is 5.69 Å². The number of aliphatic hydroxyl groups excluding tert-OH is 1. The second-order valence-corrected chi connectivity index (χ2v) is 4.49. The third-order valence-electron chi connectivity index (χ3n) is 2.42. The maximum absolute atomic E-state index is 11.9. The van der Waals surface area contributed by atoms with Crippen molar-refractivity contribution in [2.24, 2.45) is 0 Å². The lowest BCUT2D eigenvalue weighted by atomic mass is 10.3. The minimum Gasteiger partial charge on any atom is -0.389 e. The van der Waals surface area contributed by atoms with Crippen LogP contribution in [0.2, 0.25) is 5.02 Å². The summed E-state index contributed by atoms with van der Waals surface area (Å²) in [4.78, 5) is 11.9. The number of carbonyl (C=O) groups is 1. The third-order valence-corrected chi connectivity index (χ3v) is 2.62. The topological polar surface area (TPSA) is 63.5 Å². The fraction of sp³-hybridized carbons (Fsp3) is 0.583. The van der Waals surface area contributed by atoms with Gasteiger partial charge in [0.05, 0.1) is 17.7 Å². The van der Waals surface area contributed by atoms with Gasteiger partial charge in [-0.3, -0.25) is 4.79 Å². The summed E-state index contributed by atoms with van der Waals surface area (Å²) in [5.74, 6) is -0.245. The summed E-state index contributed by atoms with van der Waals surface area (Å²) >= 11 is 5.89. The number of nitrogens with zero attached hydrogens (tertiary/aromatic N) is 1. The summed E-state index contributed by atoms with van der Waals surface area (Å²) in [5.41, 5.74) is 0.506. The summed E-state index contributed by atoms with van der Waals surface area (Å²) in [6.07, 6.45) is 1.94. The molecule has 0 radical (unpaired) electrons. The zero-order valence-electron chi connectivity index (χ0n) is 10.6. The van der Waals surface area contributed by atoms with E-state index in [0.29, 0.717) is 10.7 Å². The second kappa shape index (κ2) is 7.41. The van der Waals surface area contributed by atoms with Crippen molar-refractivity contribution in [3.63, 3.8) is 0 Å². The van der Waals surface area contributed by atoms with Crippen LogP contribution in [0, 0.1) is 0 Å². The van der Waals surface area contributed by atoms with Gasteiger partial charge in [0.15, 0.2) is 0 Å². The van der Waals surface area contributed by atoms with Gasteiger partial charge in [0.25, 0.3) is 5.91 Å². The molecule has 1 heterocycles. The molecule has 18 heavy (non-hydrogen) atoms. The average Bonchev–Trinajstić information content (AvgIpc) is 2.68. The molecule has 0 saturated carbocycles. The number of ether oxygens (including phenoxy) is 1. The lowest BCUT2D eigenvalue weighted by molar-refractivity contribution is 0.0607. The van der Waals surface area contributed by atoms with Crippen LogP contribution in [0.1, 0.15) is 23.8 Å². The molecule has 1 aromatic heterocycles. The first-order valence-corrected chi connectivity index (χ1v) is 6.27. The molecule has 1 atom stereocenters. The van der Waals surface area contributed by atoms with E-state index in [1.807, 2.05) is 6.92 Å². The Bertz CT molecular complexity index is 393. The molecule has 5 nitrogen and oxygen atoms in total. The highest BCUT2D eigenvalue weighted by Gasteiger charge is 2.14. The summed E-state index contributed by atoms with van der Waals surface area (Å²) in [7, 11) is 1.50. The molecule has 0 aliphatic heterocycles. The lowest BCUT2D eigenvalue weighted by Gasteiger charge is -2.12. The molecule has 1 rings (SSSR count). The van der Waals surface area contributed by atoms with Crippen LogP contribution in [0.4, 0.5) is 0 Å². The van der Waals surface area contributed by atoms with E-state index in [1.165, 1.54) is 7.11 Å². The first-order chi connectivity index (χ1) is 8.58. The van der Waals surface area contributed by atoms with E-state index in [1.54, 1.807) is 16.8 Å². The highest BCUT2D eigenvalue weighted by Crippen LogP contribution is 2.14. The second-order valence-electron chi connectivity index (χ2n) is 4.06. The number of halogens is 1. The minimum absolute atomic E-state index is 0.154. The average molecular weight is 275 g/mol. The Morgan fingerprint density at radius 3 is 3.00 bits per heavy atom. The van der Waals surface area contributed by atoms with Crippen molar-refractivity contribution < 1.29 is 14.6 Å². The van der Waals surface area contributed by atoms with Crippen LogP contribution < -0.4 is 5.32 Å². The van der Waals surface area contributed by atoms with Crippen LogP contribution in [0.5, 0.6) is 0 Å². The number of methoxy groups -OCH3 is 1. The molecule has 0 bridgehead atoms. The van der Waals surface area contributed by atoms with E-state index in [2.05, 4.69) is 5.32 Å². The first kappa shape index (κ1) is 15.0. The van der Waals surface area contributed by atoms with Gasteiger partial charge in [-0.05, 0) is 12.5 Å². The Balaban J connectivity index is 2.60. The molecular weight excluding hydrogens is 256 g/mol. The van der Waals surface area contributed by atoms with Gasteiger partial charge < -0.3 is 19.7 Å². The first-order valence-electron chi connectivity index (χ1n) is 5.89. The molecule has 1 aromatic rings. The number of nitrogens with one attached hydrogen (secondary N) is 1. The molecule has 0 aromatic carbocycles. The lowest BCUT2D eigenvalue weighted by Crippen LogP contribution is -2.35. The summed E-state index contributed by atoms with van der Waals surface area (Å²) in [6.45, 7) is 3.10. The van der Waals surface area contributed by atoms with Crippen LogP contribution in [-0.4, -0.2) is 41.9 Å². The molecule has 102 valence electrons. The standard InChI is InChI=1S/C12H19ClN2O3/c1-3-4-15-7-9(13)5-11(15)12(17)14-6-10(16)8-18-2/h5,7,10,16H,3-4,6,8H2,1-2H3,(H,14,17). The van der Waals surface area contributed by atoms with Crippen molar-refractivity contribution in [2.45, 2.75) is 26.0 Å². The van der Waals surface area contributed by atoms with Crippen molar-refractivity contribution in [2.75, 3.05) is 20.3 Å². The van der Waals surface area contributed by atoms with Crippen molar-refractivity contribution >= 4 is 17.5 Å². The number of aliphatic hydroxyl groups is 1. The highest BCUT2D eigenvalue weighted by molar-refractivity contribution is 6.31. The van der Waals surface area contributed by atoms with Crippen LogP contribution in [-0.2, 0) is 11.3 Å². The van der Waals surface area contributed by atoms with Crippen LogP contribution in [0.25, 0.3) is 0 Å². The maximum Gasteiger partial charge on any atom is 0.268 e. The number of aromatic nitrogens is 1. The van der Waals surface area contributed by atoms with Crippen molar-refractivity contribution in [3.8, 4) is 0 Å². The molecule has 0 aliphatic carbocycles. The molecule has 0 fully saturated rings. The third kappa shape index (κ3) is 4.33. The molecule has 0 saturated heterocycles. The Labute approximate surface area is 112 Å². The normalized spacial score (nSPS) is 12.4. The van der Waals surface area contributed by atoms with Gasteiger partial charge in [-0.15, -0.1) is 0 Å². The molecule has 0 aliphatic rings. The van der Waals surface area contributed by atoms with E-state index in [9.17, 15) is 9.90 Å². The molecule has 0 spiro atoms. The van der Waals surface area contributed by atoms with Crippen molar-refractivity contribution in [3.05, 3.63) is 23.0 Å². The number of rotatable bonds is 7. The number of aryl methyl sites for hydroxylation is 1. The van der Waals surface area contributed by atoms with E-state index in [4.69, 9.17) is 16.3 Å². The number of amides is 1. The molecule has 6 heteroatoms. The predicted octanol–water partition coefficient (Wildman–Crippen LogP) is 1.29. The highest BCUT2D eigenvalue weighted by atomic mass is 35.5. The van der Waals surface area contributed by atoms with Gasteiger partial charge >= 0.3 is 0 Å². The fourth-order valence-corrected chi connectivity index (χ4v) is 1.86. The van der Waals surface area contributed by atoms with Crippen molar-refractivity contribution in [1.29, 1.82) is 0 Å². The molecular formula is C12H19ClN2O3. The molecule has 1 unspecified atom stereocenters. The van der Waals surface area contributed by atoms with Crippen LogP contribution in [0.15, 0.2) is 12.3 Å². The number of carbonyl (C=O) groups excluding carboxylic acids is 1. The van der Waals surface area contributed by atoms with Gasteiger partial charge in [0.2, 0.25) is 0 Å². The van der Waals surface area contributed by atoms with E-state index >= 15 is 0 Å². The Kier molecular flexibility index (Phi) is 6.18. The van der Waals surface area contributed by atoms with Gasteiger partial charge in [-0.25, -0.2) is 0 Å². The summed E-state index contributed by atoms with van der Waals surface area (Å²) < 4.78 is 6.59. The van der Waals surface area contributed by atoms with Gasteiger partial charge in [-0.2, -0.15) is 0 Å². The Morgan fingerprint density at radius 2 is 2.39 bits per heavy atom. The minimum atomic E-state index is -0.705. The van der Waals surface area contributed by atoms with E-state index in [0.717, 1.165) is 13.0 Å². The number of hydrogen-bond donors (Lipinski definition) is 2.